The molecular weight excluding hydrogens is 366 g/mol. The van der Waals surface area contributed by atoms with E-state index in [-0.39, 0.29) is 23.7 Å². The van der Waals surface area contributed by atoms with Crippen molar-refractivity contribution in [2.45, 2.75) is 56.5 Å². The lowest BCUT2D eigenvalue weighted by molar-refractivity contribution is -0.137. The van der Waals surface area contributed by atoms with E-state index in [4.69, 9.17) is 0 Å². The maximum Gasteiger partial charge on any atom is 0.323 e. The Morgan fingerprint density at radius 2 is 1.90 bits per heavy atom. The highest BCUT2D eigenvalue weighted by atomic mass is 16.4. The summed E-state index contributed by atoms with van der Waals surface area (Å²) in [6.07, 6.45) is 14.0. The second-order valence-electron chi connectivity index (χ2n) is 9.21. The van der Waals surface area contributed by atoms with Crippen molar-refractivity contribution >= 4 is 12.0 Å². The van der Waals surface area contributed by atoms with Crippen molar-refractivity contribution in [3.8, 4) is 0 Å². The lowest BCUT2D eigenvalue weighted by Crippen LogP contribution is -2.57. The van der Waals surface area contributed by atoms with Gasteiger partial charge in [-0.2, -0.15) is 0 Å². The Balaban J connectivity index is 1.83. The van der Waals surface area contributed by atoms with Gasteiger partial charge in [-0.25, -0.2) is 4.79 Å². The summed E-state index contributed by atoms with van der Waals surface area (Å²) in [6.45, 7) is 7.03. The number of rotatable bonds is 8. The molecule has 6 heteroatoms. The summed E-state index contributed by atoms with van der Waals surface area (Å²) >= 11 is 0. The van der Waals surface area contributed by atoms with Crippen LogP contribution < -0.4 is 0 Å². The standard InChI is InChI=1S/C23H35N3O3/c1-5-6-7-8-18(2)23(24(3)4)13-11-22(12-14-23)17-25(16-20(27)28)21(29)26(22)15-19-9-10-19/h5-8,19H,1,9-17H2,2-4H3,(H,27,28)/b7-6-,18-8+/t22-,23+. The summed E-state index contributed by atoms with van der Waals surface area (Å²) in [5, 5.41) is 9.25. The maximum absolute atomic E-state index is 13.0. The fourth-order valence-corrected chi connectivity index (χ4v) is 5.18. The predicted molar refractivity (Wildman–Crippen MR) is 115 cm³/mol. The predicted octanol–water partition coefficient (Wildman–Crippen LogP) is 3.52. The molecule has 3 rings (SSSR count). The molecule has 2 amide bonds. The summed E-state index contributed by atoms with van der Waals surface area (Å²) in [5.41, 5.74) is 1.05. The highest BCUT2D eigenvalue weighted by Gasteiger charge is 2.55. The molecule has 3 aliphatic rings. The van der Waals surface area contributed by atoms with Crippen LogP contribution in [-0.2, 0) is 4.79 Å². The number of aliphatic carboxylic acids is 1. The lowest BCUT2D eigenvalue weighted by Gasteiger charge is -2.51. The van der Waals surface area contributed by atoms with Crippen LogP contribution in [0.4, 0.5) is 4.79 Å². The van der Waals surface area contributed by atoms with E-state index < -0.39 is 5.97 Å². The largest absolute Gasteiger partial charge is 0.480 e. The molecule has 0 unspecified atom stereocenters. The Bertz CT molecular complexity index is 713. The Kier molecular flexibility index (Phi) is 6.22. The summed E-state index contributed by atoms with van der Waals surface area (Å²) < 4.78 is 0. The highest BCUT2D eigenvalue weighted by Crippen LogP contribution is 2.48. The lowest BCUT2D eigenvalue weighted by atomic mass is 9.68. The molecule has 1 heterocycles. The molecule has 1 spiro atoms. The van der Waals surface area contributed by atoms with Crippen LogP contribution in [0, 0.1) is 5.92 Å². The second kappa shape index (κ2) is 8.34. The van der Waals surface area contributed by atoms with Gasteiger partial charge in [-0.15, -0.1) is 0 Å². The van der Waals surface area contributed by atoms with Crippen molar-refractivity contribution in [2.24, 2.45) is 5.92 Å². The maximum atomic E-state index is 13.0. The van der Waals surface area contributed by atoms with Crippen LogP contribution in [0.15, 0.2) is 36.5 Å². The third-order valence-electron chi connectivity index (χ3n) is 7.21. The molecule has 160 valence electrons. The number of hydrogen-bond acceptors (Lipinski definition) is 3. The Labute approximate surface area is 174 Å². The molecule has 0 aromatic rings. The Hall–Kier alpha value is -2.08. The normalized spacial score (nSPS) is 30.8. The summed E-state index contributed by atoms with van der Waals surface area (Å²) in [6, 6.07) is -0.0853. The molecule has 1 aliphatic heterocycles. The van der Waals surface area contributed by atoms with Gasteiger partial charge in [0.1, 0.15) is 6.54 Å². The third kappa shape index (κ3) is 4.27. The van der Waals surface area contributed by atoms with Gasteiger partial charge in [0.15, 0.2) is 0 Å². The molecule has 6 nitrogen and oxygen atoms in total. The Morgan fingerprint density at radius 3 is 2.41 bits per heavy atom. The quantitative estimate of drug-likeness (QED) is 0.632. The van der Waals surface area contributed by atoms with E-state index in [1.807, 2.05) is 17.1 Å². The molecule has 0 radical (unpaired) electrons. The topological polar surface area (TPSA) is 64.1 Å². The second-order valence-corrected chi connectivity index (χ2v) is 9.21. The van der Waals surface area contributed by atoms with Crippen molar-refractivity contribution in [3.05, 3.63) is 36.5 Å². The van der Waals surface area contributed by atoms with Crippen LogP contribution in [0.25, 0.3) is 0 Å². The number of carbonyl (C=O) groups is 2. The number of hydrogen-bond donors (Lipinski definition) is 1. The number of likely N-dealkylation sites (N-methyl/N-ethyl adjacent to an activating group) is 1. The molecule has 0 bridgehead atoms. The van der Waals surface area contributed by atoms with E-state index in [9.17, 15) is 14.7 Å². The van der Waals surface area contributed by atoms with Gasteiger partial charge in [-0.05, 0) is 65.5 Å². The fraction of sp³-hybridized carbons (Fsp3) is 0.652. The van der Waals surface area contributed by atoms with Gasteiger partial charge in [0, 0.05) is 18.6 Å². The smallest absolute Gasteiger partial charge is 0.323 e. The number of nitrogens with zero attached hydrogens (tertiary/aromatic N) is 3. The molecule has 0 aromatic carbocycles. The van der Waals surface area contributed by atoms with Crippen molar-refractivity contribution in [3.63, 3.8) is 0 Å². The average molecular weight is 402 g/mol. The van der Waals surface area contributed by atoms with Gasteiger partial charge in [-0.1, -0.05) is 36.5 Å². The Morgan fingerprint density at radius 1 is 1.24 bits per heavy atom. The number of allylic oxidation sites excluding steroid dienone is 4. The SMILES string of the molecule is C=C/C=C\C=C(/C)[C@]1(N(C)C)CC[C@@]2(CC1)CN(CC(=O)O)C(=O)N2CC1CC1. The summed E-state index contributed by atoms with van der Waals surface area (Å²) in [4.78, 5) is 30.2. The summed E-state index contributed by atoms with van der Waals surface area (Å²) in [7, 11) is 4.26. The minimum Gasteiger partial charge on any atom is -0.480 e. The van der Waals surface area contributed by atoms with Crippen molar-refractivity contribution in [1.82, 2.24) is 14.7 Å². The first-order valence-electron chi connectivity index (χ1n) is 10.7. The first kappa shape index (κ1) is 21.6. The number of carbonyl (C=O) groups excluding carboxylic acids is 1. The van der Waals surface area contributed by atoms with E-state index in [0.717, 1.165) is 32.2 Å². The van der Waals surface area contributed by atoms with E-state index in [2.05, 4.69) is 38.6 Å². The van der Waals surface area contributed by atoms with Crippen molar-refractivity contribution < 1.29 is 14.7 Å². The van der Waals surface area contributed by atoms with E-state index in [1.54, 1.807) is 11.0 Å². The third-order valence-corrected chi connectivity index (χ3v) is 7.21. The van der Waals surface area contributed by atoms with Gasteiger partial charge in [-0.3, -0.25) is 9.69 Å². The monoisotopic (exact) mass is 401 g/mol. The van der Waals surface area contributed by atoms with E-state index in [0.29, 0.717) is 12.5 Å². The van der Waals surface area contributed by atoms with Crippen LogP contribution in [-0.4, -0.2) is 76.6 Å². The zero-order valence-corrected chi connectivity index (χ0v) is 18.1. The first-order chi connectivity index (χ1) is 13.7. The van der Waals surface area contributed by atoms with Crippen LogP contribution >= 0.6 is 0 Å². The summed E-state index contributed by atoms with van der Waals surface area (Å²) in [5.74, 6) is -0.347. The zero-order valence-electron chi connectivity index (χ0n) is 18.1. The van der Waals surface area contributed by atoms with Gasteiger partial charge in [0.05, 0.1) is 5.54 Å². The molecule has 29 heavy (non-hydrogen) atoms. The van der Waals surface area contributed by atoms with Gasteiger partial charge in [0.2, 0.25) is 0 Å². The molecule has 2 saturated carbocycles. The molecule has 1 N–H and O–H groups in total. The zero-order chi connectivity index (χ0) is 21.2. The van der Waals surface area contributed by atoms with Crippen LogP contribution in [0.3, 0.4) is 0 Å². The average Bonchev–Trinajstić information content (AvgIpc) is 3.45. The number of carboxylic acids is 1. The van der Waals surface area contributed by atoms with Crippen LogP contribution in [0.2, 0.25) is 0 Å². The number of amides is 2. The minimum absolute atomic E-state index is 0.0364. The van der Waals surface area contributed by atoms with Crippen molar-refractivity contribution in [1.29, 1.82) is 0 Å². The van der Waals surface area contributed by atoms with Crippen LogP contribution in [0.5, 0.6) is 0 Å². The minimum atomic E-state index is -0.937. The van der Waals surface area contributed by atoms with Gasteiger partial charge < -0.3 is 14.9 Å². The molecule has 3 fully saturated rings. The molecule has 2 aliphatic carbocycles. The first-order valence-corrected chi connectivity index (χ1v) is 10.7. The van der Waals surface area contributed by atoms with E-state index >= 15 is 0 Å². The molecule has 0 aromatic heterocycles. The number of urea groups is 1. The molecule has 0 atom stereocenters. The highest BCUT2D eigenvalue weighted by molar-refractivity contribution is 5.83. The fourth-order valence-electron chi connectivity index (χ4n) is 5.18. The van der Waals surface area contributed by atoms with Crippen molar-refractivity contribution in [2.75, 3.05) is 33.7 Å². The molecular formula is C23H35N3O3. The van der Waals surface area contributed by atoms with Crippen LogP contribution in [0.1, 0.15) is 45.4 Å². The number of carboxylic acid groups (broad SMARTS) is 1. The molecule has 1 saturated heterocycles. The van der Waals surface area contributed by atoms with Gasteiger partial charge in [0.25, 0.3) is 0 Å². The van der Waals surface area contributed by atoms with Gasteiger partial charge >= 0.3 is 12.0 Å². The van der Waals surface area contributed by atoms with E-state index in [1.165, 1.54) is 18.4 Å².